The number of carbonyl (C=O) groups is 2. The first-order valence-electron chi connectivity index (χ1n) is 8.43. The Kier molecular flexibility index (Phi) is 8.61. The van der Waals surface area contributed by atoms with Crippen LogP contribution in [0.3, 0.4) is 0 Å². The minimum absolute atomic E-state index is 0.291. The third-order valence-corrected chi connectivity index (χ3v) is 3.39. The second-order valence-corrected chi connectivity index (χ2v) is 5.43. The molecule has 0 aliphatic heterocycles. The number of carboxylic acids is 1. The van der Waals surface area contributed by atoms with Gasteiger partial charge in [0.15, 0.2) is 11.5 Å². The molecule has 1 rings (SSSR count). The lowest BCUT2D eigenvalue weighted by Crippen LogP contribution is -2.09. The summed E-state index contributed by atoms with van der Waals surface area (Å²) in [5.74, 6) is -0.452. The number of ether oxygens (including phenoxy) is 2. The zero-order valence-corrected chi connectivity index (χ0v) is 14.6. The van der Waals surface area contributed by atoms with Gasteiger partial charge in [-0.2, -0.15) is 0 Å². The highest BCUT2D eigenvalue weighted by molar-refractivity contribution is 5.90. The number of unbranched alkanes of at least 4 members (excludes halogenated alkanes) is 1. The SMILES string of the molecule is CCCCC(=O)Oc1ccc(C(=CC(=O)O)CCC)cc1OCC. The van der Waals surface area contributed by atoms with E-state index < -0.39 is 5.97 Å². The molecule has 0 aliphatic carbocycles. The van der Waals surface area contributed by atoms with Crippen LogP contribution in [0.5, 0.6) is 11.5 Å². The molecule has 0 aromatic heterocycles. The molecule has 1 N–H and O–H groups in total. The summed E-state index contributed by atoms with van der Waals surface area (Å²) in [4.78, 5) is 22.8. The first-order valence-corrected chi connectivity index (χ1v) is 8.43. The van der Waals surface area contributed by atoms with Crippen LogP contribution in [0.25, 0.3) is 5.57 Å². The van der Waals surface area contributed by atoms with Gasteiger partial charge in [0.05, 0.1) is 6.61 Å². The van der Waals surface area contributed by atoms with Crippen LogP contribution in [-0.2, 0) is 9.59 Å². The normalized spacial score (nSPS) is 11.2. The highest BCUT2D eigenvalue weighted by Crippen LogP contribution is 2.32. The molecule has 5 heteroatoms. The molecule has 1 aromatic rings. The number of esters is 1. The molecule has 0 bridgehead atoms. The zero-order valence-electron chi connectivity index (χ0n) is 14.6. The fourth-order valence-corrected chi connectivity index (χ4v) is 2.27. The van der Waals surface area contributed by atoms with Gasteiger partial charge in [0, 0.05) is 12.5 Å². The molecule has 0 spiro atoms. The van der Waals surface area contributed by atoms with Crippen LogP contribution >= 0.6 is 0 Å². The summed E-state index contributed by atoms with van der Waals surface area (Å²) in [5.41, 5.74) is 1.48. The number of carbonyl (C=O) groups excluding carboxylic acids is 1. The fourth-order valence-electron chi connectivity index (χ4n) is 2.27. The standard InChI is InChI=1S/C19H26O5/c1-4-7-9-19(22)24-16-11-10-15(12-17(16)23-6-3)14(8-5-2)13-18(20)21/h10-13H,4-9H2,1-3H3,(H,20,21). The van der Waals surface area contributed by atoms with Crippen molar-refractivity contribution in [2.45, 2.75) is 52.9 Å². The van der Waals surface area contributed by atoms with Gasteiger partial charge in [-0.1, -0.05) is 32.8 Å². The van der Waals surface area contributed by atoms with Crippen molar-refractivity contribution >= 4 is 17.5 Å². The lowest BCUT2D eigenvalue weighted by atomic mass is 10.0. The Labute approximate surface area is 143 Å². The summed E-state index contributed by atoms with van der Waals surface area (Å²) in [7, 11) is 0. The maximum atomic E-state index is 11.8. The lowest BCUT2D eigenvalue weighted by molar-refractivity contribution is -0.134. The van der Waals surface area contributed by atoms with E-state index in [1.165, 1.54) is 6.08 Å². The van der Waals surface area contributed by atoms with Crippen LogP contribution in [-0.4, -0.2) is 23.7 Å². The Morgan fingerprint density at radius 2 is 1.83 bits per heavy atom. The number of rotatable bonds is 10. The highest BCUT2D eigenvalue weighted by Gasteiger charge is 2.13. The van der Waals surface area contributed by atoms with Crippen molar-refractivity contribution in [2.75, 3.05) is 6.61 Å². The number of carboxylic acid groups (broad SMARTS) is 1. The summed E-state index contributed by atoms with van der Waals surface area (Å²) in [6.07, 6.45) is 4.76. The van der Waals surface area contributed by atoms with Crippen molar-refractivity contribution in [3.05, 3.63) is 29.8 Å². The molecule has 24 heavy (non-hydrogen) atoms. The predicted molar refractivity (Wildman–Crippen MR) is 93.3 cm³/mol. The van der Waals surface area contributed by atoms with E-state index in [2.05, 4.69) is 0 Å². The van der Waals surface area contributed by atoms with Crippen LogP contribution < -0.4 is 9.47 Å². The Balaban J connectivity index is 3.08. The van der Waals surface area contributed by atoms with Gasteiger partial charge in [-0.05, 0) is 43.0 Å². The Morgan fingerprint density at radius 3 is 2.42 bits per heavy atom. The van der Waals surface area contributed by atoms with E-state index in [0.29, 0.717) is 30.9 Å². The third-order valence-electron chi connectivity index (χ3n) is 3.39. The van der Waals surface area contributed by atoms with E-state index in [9.17, 15) is 9.59 Å². The van der Waals surface area contributed by atoms with Gasteiger partial charge >= 0.3 is 11.9 Å². The van der Waals surface area contributed by atoms with Crippen molar-refractivity contribution in [1.29, 1.82) is 0 Å². The molecule has 0 saturated carbocycles. The van der Waals surface area contributed by atoms with Gasteiger partial charge < -0.3 is 14.6 Å². The van der Waals surface area contributed by atoms with Crippen LogP contribution in [0.15, 0.2) is 24.3 Å². The zero-order chi connectivity index (χ0) is 17.9. The quantitative estimate of drug-likeness (QED) is 0.389. The van der Waals surface area contributed by atoms with Gasteiger partial charge in [0.1, 0.15) is 0 Å². The van der Waals surface area contributed by atoms with Crippen molar-refractivity contribution in [3.8, 4) is 11.5 Å². The average molecular weight is 334 g/mol. The number of benzene rings is 1. The summed E-state index contributed by atoms with van der Waals surface area (Å²) < 4.78 is 10.9. The van der Waals surface area contributed by atoms with Gasteiger partial charge in [-0.3, -0.25) is 4.79 Å². The first kappa shape index (κ1) is 19.7. The topological polar surface area (TPSA) is 72.8 Å². The van der Waals surface area contributed by atoms with E-state index >= 15 is 0 Å². The molecular formula is C19H26O5. The van der Waals surface area contributed by atoms with Gasteiger partial charge in [0.25, 0.3) is 0 Å². The molecule has 0 saturated heterocycles. The molecule has 0 radical (unpaired) electrons. The second-order valence-electron chi connectivity index (χ2n) is 5.43. The summed E-state index contributed by atoms with van der Waals surface area (Å²) >= 11 is 0. The monoisotopic (exact) mass is 334 g/mol. The molecule has 0 heterocycles. The fraction of sp³-hybridized carbons (Fsp3) is 0.474. The van der Waals surface area contributed by atoms with Crippen LogP contribution in [0.2, 0.25) is 0 Å². The molecular weight excluding hydrogens is 308 g/mol. The molecule has 0 aliphatic rings. The van der Waals surface area contributed by atoms with E-state index in [4.69, 9.17) is 14.6 Å². The molecule has 1 aromatic carbocycles. The predicted octanol–water partition coefficient (Wildman–Crippen LogP) is 4.45. The number of hydrogen-bond donors (Lipinski definition) is 1. The molecule has 0 unspecified atom stereocenters. The van der Waals surface area contributed by atoms with Crippen molar-refractivity contribution < 1.29 is 24.2 Å². The Bertz CT molecular complexity index is 589. The van der Waals surface area contributed by atoms with Crippen molar-refractivity contribution in [2.24, 2.45) is 0 Å². The lowest BCUT2D eigenvalue weighted by Gasteiger charge is -2.13. The second kappa shape index (κ2) is 10.5. The number of hydrogen-bond acceptors (Lipinski definition) is 4. The Hall–Kier alpha value is -2.30. The molecule has 0 fully saturated rings. The van der Waals surface area contributed by atoms with E-state index in [0.717, 1.165) is 30.4 Å². The van der Waals surface area contributed by atoms with Gasteiger partial charge in [0.2, 0.25) is 0 Å². The van der Waals surface area contributed by atoms with E-state index in [-0.39, 0.29) is 5.97 Å². The molecule has 5 nitrogen and oxygen atoms in total. The number of aliphatic carboxylic acids is 1. The molecule has 0 amide bonds. The van der Waals surface area contributed by atoms with E-state index in [1.54, 1.807) is 18.2 Å². The van der Waals surface area contributed by atoms with Gasteiger partial charge in [-0.15, -0.1) is 0 Å². The van der Waals surface area contributed by atoms with Crippen LogP contribution in [0.1, 0.15) is 58.4 Å². The van der Waals surface area contributed by atoms with Gasteiger partial charge in [-0.25, -0.2) is 4.79 Å². The van der Waals surface area contributed by atoms with E-state index in [1.807, 2.05) is 20.8 Å². The largest absolute Gasteiger partial charge is 0.490 e. The maximum Gasteiger partial charge on any atom is 0.328 e. The molecule has 132 valence electrons. The summed E-state index contributed by atoms with van der Waals surface area (Å²) in [6, 6.07) is 5.15. The smallest absolute Gasteiger partial charge is 0.328 e. The summed E-state index contributed by atoms with van der Waals surface area (Å²) in [6.45, 7) is 6.27. The minimum Gasteiger partial charge on any atom is -0.490 e. The minimum atomic E-state index is -0.980. The third kappa shape index (κ3) is 6.44. The van der Waals surface area contributed by atoms with Crippen LogP contribution in [0.4, 0.5) is 0 Å². The van der Waals surface area contributed by atoms with Crippen LogP contribution in [0, 0.1) is 0 Å². The number of allylic oxidation sites excluding steroid dienone is 1. The maximum absolute atomic E-state index is 11.8. The Morgan fingerprint density at radius 1 is 1.08 bits per heavy atom. The molecule has 0 atom stereocenters. The van der Waals surface area contributed by atoms with Crippen molar-refractivity contribution in [1.82, 2.24) is 0 Å². The summed E-state index contributed by atoms with van der Waals surface area (Å²) in [5, 5.41) is 9.02. The highest BCUT2D eigenvalue weighted by atomic mass is 16.6. The van der Waals surface area contributed by atoms with Crippen molar-refractivity contribution in [3.63, 3.8) is 0 Å². The average Bonchev–Trinajstić information content (AvgIpc) is 2.54. The first-order chi connectivity index (χ1) is 11.5.